The van der Waals surface area contributed by atoms with Crippen LogP contribution >= 0.6 is 0 Å². The maximum Gasteiger partial charge on any atom is 0.0639 e. The van der Waals surface area contributed by atoms with Crippen LogP contribution in [0.3, 0.4) is 0 Å². The minimum absolute atomic E-state index is 0.0842. The van der Waals surface area contributed by atoms with Gasteiger partial charge in [0.2, 0.25) is 0 Å². The standard InChI is InChI=1S/C18H28O/c1-3-5-9-15(4-2)14-17(19)18(12-13-18)16-10-7-6-8-11-16/h6-8,10-11,15,17,19H,3-5,9,12-14H2,1-2H3. The zero-order valence-electron chi connectivity index (χ0n) is 12.4. The normalized spacial score (nSPS) is 19.9. The molecule has 0 radical (unpaired) electrons. The molecule has 1 heteroatoms. The van der Waals surface area contributed by atoms with Crippen LogP contribution in [0.15, 0.2) is 30.3 Å². The Hall–Kier alpha value is -0.820. The molecule has 1 aromatic carbocycles. The number of benzene rings is 1. The molecule has 0 aliphatic heterocycles. The van der Waals surface area contributed by atoms with Crippen molar-refractivity contribution in [2.24, 2.45) is 5.92 Å². The molecule has 19 heavy (non-hydrogen) atoms. The van der Waals surface area contributed by atoms with E-state index in [0.717, 1.165) is 19.3 Å². The molecule has 1 aliphatic carbocycles. The fraction of sp³-hybridized carbons (Fsp3) is 0.667. The van der Waals surface area contributed by atoms with Crippen LogP contribution in [0.25, 0.3) is 0 Å². The molecule has 1 aromatic rings. The minimum atomic E-state index is -0.156. The van der Waals surface area contributed by atoms with Crippen LogP contribution in [-0.2, 0) is 5.41 Å². The van der Waals surface area contributed by atoms with E-state index < -0.39 is 0 Å². The number of aliphatic hydroxyl groups is 1. The number of hydrogen-bond acceptors (Lipinski definition) is 1. The van der Waals surface area contributed by atoms with Crippen molar-refractivity contribution in [3.8, 4) is 0 Å². The van der Waals surface area contributed by atoms with Crippen LogP contribution < -0.4 is 0 Å². The van der Waals surface area contributed by atoms with Crippen molar-refractivity contribution in [2.75, 3.05) is 0 Å². The highest BCUT2D eigenvalue weighted by Gasteiger charge is 2.50. The van der Waals surface area contributed by atoms with Gasteiger partial charge >= 0.3 is 0 Å². The van der Waals surface area contributed by atoms with Gasteiger partial charge < -0.3 is 5.11 Å². The smallest absolute Gasteiger partial charge is 0.0639 e. The molecule has 1 saturated carbocycles. The summed E-state index contributed by atoms with van der Waals surface area (Å²) in [5.41, 5.74) is 1.42. The van der Waals surface area contributed by atoms with Crippen molar-refractivity contribution in [3.05, 3.63) is 35.9 Å². The third kappa shape index (κ3) is 3.39. The van der Waals surface area contributed by atoms with Crippen molar-refractivity contribution in [1.82, 2.24) is 0 Å². The Morgan fingerprint density at radius 3 is 2.37 bits per heavy atom. The van der Waals surface area contributed by atoms with E-state index in [1.807, 2.05) is 0 Å². The average molecular weight is 260 g/mol. The van der Waals surface area contributed by atoms with Gasteiger partial charge in [-0.2, -0.15) is 0 Å². The van der Waals surface area contributed by atoms with Crippen molar-refractivity contribution >= 4 is 0 Å². The summed E-state index contributed by atoms with van der Waals surface area (Å²) in [4.78, 5) is 0. The van der Waals surface area contributed by atoms with Gasteiger partial charge in [-0.25, -0.2) is 0 Å². The summed E-state index contributed by atoms with van der Waals surface area (Å²) >= 11 is 0. The lowest BCUT2D eigenvalue weighted by Gasteiger charge is -2.26. The molecule has 2 atom stereocenters. The van der Waals surface area contributed by atoms with Crippen LogP contribution in [0.1, 0.15) is 64.4 Å². The molecule has 106 valence electrons. The zero-order valence-corrected chi connectivity index (χ0v) is 12.4. The summed E-state index contributed by atoms with van der Waals surface area (Å²) in [6.07, 6.45) is 8.16. The van der Waals surface area contributed by atoms with E-state index in [9.17, 15) is 5.11 Å². The molecule has 2 unspecified atom stereocenters. The quantitative estimate of drug-likeness (QED) is 0.719. The summed E-state index contributed by atoms with van der Waals surface area (Å²) in [6.45, 7) is 4.50. The number of unbranched alkanes of at least 4 members (excludes halogenated alkanes) is 1. The van der Waals surface area contributed by atoms with Crippen LogP contribution in [0, 0.1) is 5.92 Å². The highest BCUT2D eigenvalue weighted by molar-refractivity contribution is 5.32. The lowest BCUT2D eigenvalue weighted by atomic mass is 9.82. The SMILES string of the molecule is CCCCC(CC)CC(O)C1(c2ccccc2)CC1. The van der Waals surface area contributed by atoms with Gasteiger partial charge in [0.05, 0.1) is 6.10 Å². The van der Waals surface area contributed by atoms with Gasteiger partial charge in [0.15, 0.2) is 0 Å². The number of hydrogen-bond donors (Lipinski definition) is 1. The third-order valence-corrected chi connectivity index (χ3v) is 4.88. The van der Waals surface area contributed by atoms with Gasteiger partial charge in [0, 0.05) is 5.41 Å². The van der Waals surface area contributed by atoms with Crippen molar-refractivity contribution in [2.45, 2.75) is 70.3 Å². The molecule has 0 saturated heterocycles. The molecule has 0 amide bonds. The minimum Gasteiger partial charge on any atom is -0.392 e. The summed E-state index contributed by atoms with van der Waals surface area (Å²) in [6, 6.07) is 10.6. The topological polar surface area (TPSA) is 20.2 Å². The summed E-state index contributed by atoms with van der Waals surface area (Å²) in [7, 11) is 0. The Balaban J connectivity index is 1.97. The molecule has 1 nitrogen and oxygen atoms in total. The highest BCUT2D eigenvalue weighted by atomic mass is 16.3. The van der Waals surface area contributed by atoms with Crippen LogP contribution in [0.5, 0.6) is 0 Å². The van der Waals surface area contributed by atoms with Crippen molar-refractivity contribution in [3.63, 3.8) is 0 Å². The number of aliphatic hydroxyl groups excluding tert-OH is 1. The Labute approximate surface area is 118 Å². The van der Waals surface area contributed by atoms with Crippen molar-refractivity contribution < 1.29 is 5.11 Å². The predicted molar refractivity (Wildman–Crippen MR) is 81.3 cm³/mol. The van der Waals surface area contributed by atoms with Crippen LogP contribution in [-0.4, -0.2) is 11.2 Å². The monoisotopic (exact) mass is 260 g/mol. The van der Waals surface area contributed by atoms with Gasteiger partial charge in [-0.3, -0.25) is 0 Å². The second-order valence-corrected chi connectivity index (χ2v) is 6.19. The Kier molecular flexibility index (Phi) is 5.04. The Morgan fingerprint density at radius 1 is 1.16 bits per heavy atom. The van der Waals surface area contributed by atoms with Gasteiger partial charge in [0.25, 0.3) is 0 Å². The zero-order chi connectivity index (χ0) is 13.7. The maximum absolute atomic E-state index is 10.7. The Morgan fingerprint density at radius 2 is 1.84 bits per heavy atom. The van der Waals surface area contributed by atoms with E-state index in [-0.39, 0.29) is 11.5 Å². The number of rotatable bonds is 8. The molecule has 0 heterocycles. The molecule has 1 fully saturated rings. The van der Waals surface area contributed by atoms with Crippen LogP contribution in [0.2, 0.25) is 0 Å². The molecule has 2 rings (SSSR count). The lowest BCUT2D eigenvalue weighted by molar-refractivity contribution is 0.0990. The van der Waals surface area contributed by atoms with E-state index in [0.29, 0.717) is 5.92 Å². The molecule has 0 aromatic heterocycles. The first-order chi connectivity index (χ1) is 9.23. The molecule has 0 bridgehead atoms. The van der Waals surface area contributed by atoms with Crippen LogP contribution in [0.4, 0.5) is 0 Å². The van der Waals surface area contributed by atoms with E-state index >= 15 is 0 Å². The lowest BCUT2D eigenvalue weighted by Crippen LogP contribution is -2.28. The third-order valence-electron chi connectivity index (χ3n) is 4.88. The summed E-state index contributed by atoms with van der Waals surface area (Å²) < 4.78 is 0. The molecule has 1 N–H and O–H groups in total. The highest BCUT2D eigenvalue weighted by Crippen LogP contribution is 2.52. The second-order valence-electron chi connectivity index (χ2n) is 6.19. The van der Waals surface area contributed by atoms with Crippen molar-refractivity contribution in [1.29, 1.82) is 0 Å². The van der Waals surface area contributed by atoms with E-state index in [4.69, 9.17) is 0 Å². The fourth-order valence-electron chi connectivity index (χ4n) is 3.24. The summed E-state index contributed by atoms with van der Waals surface area (Å²) in [5, 5.41) is 10.7. The average Bonchev–Trinajstić information content (AvgIpc) is 3.26. The fourth-order valence-corrected chi connectivity index (χ4v) is 3.24. The molecule has 1 aliphatic rings. The molecular weight excluding hydrogens is 232 g/mol. The van der Waals surface area contributed by atoms with E-state index in [1.165, 1.54) is 31.2 Å². The van der Waals surface area contributed by atoms with Gasteiger partial charge in [-0.05, 0) is 30.7 Å². The summed E-state index contributed by atoms with van der Waals surface area (Å²) in [5.74, 6) is 0.691. The first kappa shape index (κ1) is 14.6. The van der Waals surface area contributed by atoms with E-state index in [1.54, 1.807) is 0 Å². The largest absolute Gasteiger partial charge is 0.392 e. The molecular formula is C18H28O. The van der Waals surface area contributed by atoms with Gasteiger partial charge in [-0.1, -0.05) is 69.9 Å². The first-order valence-corrected chi connectivity index (χ1v) is 7.96. The van der Waals surface area contributed by atoms with Gasteiger partial charge in [0.1, 0.15) is 0 Å². The van der Waals surface area contributed by atoms with Gasteiger partial charge in [-0.15, -0.1) is 0 Å². The Bertz CT molecular complexity index is 367. The first-order valence-electron chi connectivity index (χ1n) is 7.96. The van der Waals surface area contributed by atoms with E-state index in [2.05, 4.69) is 44.2 Å². The second kappa shape index (κ2) is 6.56. The predicted octanol–water partition coefficient (Wildman–Crippen LogP) is 4.69. The molecule has 0 spiro atoms. The maximum atomic E-state index is 10.7.